The number of ether oxygens (including phenoxy) is 2. The van der Waals surface area contributed by atoms with Crippen molar-refractivity contribution in [1.29, 1.82) is 0 Å². The van der Waals surface area contributed by atoms with Gasteiger partial charge in [0, 0.05) is 13.1 Å². The third-order valence-electron chi connectivity index (χ3n) is 3.29. The van der Waals surface area contributed by atoms with Crippen LogP contribution in [0.1, 0.15) is 10.4 Å². The summed E-state index contributed by atoms with van der Waals surface area (Å²) in [5.41, 5.74) is 1.93. The van der Waals surface area contributed by atoms with Crippen molar-refractivity contribution in [2.75, 3.05) is 38.3 Å². The molecule has 0 amide bonds. The van der Waals surface area contributed by atoms with Crippen LogP contribution in [0, 0.1) is 0 Å². The third-order valence-corrected chi connectivity index (χ3v) is 3.29. The highest BCUT2D eigenvalue weighted by Gasteiger charge is 2.14. The second-order valence-corrected chi connectivity index (χ2v) is 4.52. The van der Waals surface area contributed by atoms with Gasteiger partial charge in [0.05, 0.1) is 43.1 Å². The normalized spacial score (nSPS) is 15.3. The van der Waals surface area contributed by atoms with Crippen LogP contribution < -0.4 is 4.90 Å². The van der Waals surface area contributed by atoms with Gasteiger partial charge >= 0.3 is 5.97 Å². The van der Waals surface area contributed by atoms with Crippen molar-refractivity contribution in [3.63, 3.8) is 0 Å². The SMILES string of the molecule is COC(=O)c1ccc2nc(N3CCOCC3)cnc2c1. The Kier molecular flexibility index (Phi) is 3.47. The summed E-state index contributed by atoms with van der Waals surface area (Å²) in [6.07, 6.45) is 1.73. The number of fused-ring (bicyclic) bond motifs is 1. The lowest BCUT2D eigenvalue weighted by Crippen LogP contribution is -2.36. The molecule has 1 aliphatic heterocycles. The predicted molar refractivity (Wildman–Crippen MR) is 73.9 cm³/mol. The van der Waals surface area contributed by atoms with E-state index in [1.807, 2.05) is 0 Å². The summed E-state index contributed by atoms with van der Waals surface area (Å²) >= 11 is 0. The molecular formula is C14H15N3O3. The van der Waals surface area contributed by atoms with Gasteiger partial charge in [-0.05, 0) is 18.2 Å². The van der Waals surface area contributed by atoms with Gasteiger partial charge in [0.2, 0.25) is 0 Å². The van der Waals surface area contributed by atoms with Crippen molar-refractivity contribution in [2.45, 2.75) is 0 Å². The van der Waals surface area contributed by atoms with Crippen LogP contribution in [-0.4, -0.2) is 49.4 Å². The maximum Gasteiger partial charge on any atom is 0.337 e. The number of carbonyl (C=O) groups is 1. The van der Waals surface area contributed by atoms with Crippen LogP contribution in [0.15, 0.2) is 24.4 Å². The van der Waals surface area contributed by atoms with Gasteiger partial charge in [-0.2, -0.15) is 0 Å². The minimum Gasteiger partial charge on any atom is -0.465 e. The van der Waals surface area contributed by atoms with Crippen LogP contribution in [0.2, 0.25) is 0 Å². The van der Waals surface area contributed by atoms with Crippen molar-refractivity contribution >= 4 is 22.8 Å². The number of morpholine rings is 1. The van der Waals surface area contributed by atoms with E-state index in [4.69, 9.17) is 9.47 Å². The number of aromatic nitrogens is 2. The number of esters is 1. The smallest absolute Gasteiger partial charge is 0.337 e. The molecular weight excluding hydrogens is 258 g/mol. The molecule has 2 heterocycles. The van der Waals surface area contributed by atoms with Crippen LogP contribution in [0.25, 0.3) is 11.0 Å². The van der Waals surface area contributed by atoms with Crippen molar-refractivity contribution in [1.82, 2.24) is 9.97 Å². The summed E-state index contributed by atoms with van der Waals surface area (Å²) in [6.45, 7) is 3.06. The molecule has 0 radical (unpaired) electrons. The van der Waals surface area contributed by atoms with Gasteiger partial charge < -0.3 is 14.4 Å². The third kappa shape index (κ3) is 2.42. The van der Waals surface area contributed by atoms with E-state index in [-0.39, 0.29) is 5.97 Å². The van der Waals surface area contributed by atoms with E-state index in [0.717, 1.165) is 24.4 Å². The molecule has 2 aromatic rings. The fourth-order valence-corrected chi connectivity index (χ4v) is 2.19. The Hall–Kier alpha value is -2.21. The molecule has 3 rings (SSSR count). The summed E-state index contributed by atoms with van der Waals surface area (Å²) in [6, 6.07) is 5.18. The number of benzene rings is 1. The van der Waals surface area contributed by atoms with E-state index < -0.39 is 0 Å². The quantitative estimate of drug-likeness (QED) is 0.767. The minimum atomic E-state index is -0.369. The molecule has 0 N–H and O–H groups in total. The summed E-state index contributed by atoms with van der Waals surface area (Å²) < 4.78 is 10.0. The maximum atomic E-state index is 11.5. The number of hydrogen-bond acceptors (Lipinski definition) is 6. The van der Waals surface area contributed by atoms with E-state index in [2.05, 4.69) is 14.9 Å². The Balaban J connectivity index is 1.93. The van der Waals surface area contributed by atoms with Crippen LogP contribution in [0.5, 0.6) is 0 Å². The van der Waals surface area contributed by atoms with Gasteiger partial charge in [-0.15, -0.1) is 0 Å². The highest BCUT2D eigenvalue weighted by Crippen LogP contribution is 2.18. The minimum absolute atomic E-state index is 0.369. The second kappa shape index (κ2) is 5.42. The average Bonchev–Trinajstić information content (AvgIpc) is 2.54. The predicted octanol–water partition coefficient (Wildman–Crippen LogP) is 1.25. The molecule has 1 saturated heterocycles. The summed E-state index contributed by atoms with van der Waals surface area (Å²) in [5, 5.41) is 0. The molecule has 104 valence electrons. The van der Waals surface area contributed by atoms with Crippen molar-refractivity contribution in [3.8, 4) is 0 Å². The zero-order valence-electron chi connectivity index (χ0n) is 11.2. The van der Waals surface area contributed by atoms with Gasteiger partial charge in [-0.25, -0.2) is 9.78 Å². The monoisotopic (exact) mass is 273 g/mol. The van der Waals surface area contributed by atoms with Crippen LogP contribution in [-0.2, 0) is 9.47 Å². The first-order chi connectivity index (χ1) is 9.78. The van der Waals surface area contributed by atoms with Crippen molar-refractivity contribution in [2.24, 2.45) is 0 Å². The lowest BCUT2D eigenvalue weighted by molar-refractivity contribution is 0.0601. The first kappa shape index (κ1) is 12.8. The zero-order chi connectivity index (χ0) is 13.9. The van der Waals surface area contributed by atoms with Gasteiger partial charge in [-0.1, -0.05) is 0 Å². The van der Waals surface area contributed by atoms with E-state index >= 15 is 0 Å². The second-order valence-electron chi connectivity index (χ2n) is 4.52. The molecule has 20 heavy (non-hydrogen) atoms. The number of hydrogen-bond donors (Lipinski definition) is 0. The van der Waals surface area contributed by atoms with Crippen LogP contribution >= 0.6 is 0 Å². The largest absolute Gasteiger partial charge is 0.465 e. The molecule has 1 aliphatic rings. The highest BCUT2D eigenvalue weighted by molar-refractivity contribution is 5.93. The van der Waals surface area contributed by atoms with E-state index in [1.165, 1.54) is 7.11 Å². The molecule has 6 heteroatoms. The topological polar surface area (TPSA) is 64.5 Å². The molecule has 0 saturated carbocycles. The van der Waals surface area contributed by atoms with E-state index in [9.17, 15) is 4.79 Å². The maximum absolute atomic E-state index is 11.5. The number of carbonyl (C=O) groups excluding carboxylic acids is 1. The van der Waals surface area contributed by atoms with Crippen LogP contribution in [0.3, 0.4) is 0 Å². The molecule has 0 bridgehead atoms. The first-order valence-corrected chi connectivity index (χ1v) is 6.46. The molecule has 1 fully saturated rings. The number of nitrogens with zero attached hydrogens (tertiary/aromatic N) is 3. The molecule has 1 aromatic carbocycles. The number of anilines is 1. The molecule has 0 aliphatic carbocycles. The summed E-state index contributed by atoms with van der Waals surface area (Å²) in [7, 11) is 1.36. The molecule has 0 spiro atoms. The molecule has 0 unspecified atom stereocenters. The highest BCUT2D eigenvalue weighted by atomic mass is 16.5. The molecule has 6 nitrogen and oxygen atoms in total. The Morgan fingerprint density at radius 2 is 2.10 bits per heavy atom. The molecule has 1 aromatic heterocycles. The van der Waals surface area contributed by atoms with Gasteiger partial charge in [0.25, 0.3) is 0 Å². The average molecular weight is 273 g/mol. The Labute approximate surface area is 116 Å². The van der Waals surface area contributed by atoms with Crippen molar-refractivity contribution in [3.05, 3.63) is 30.0 Å². The Bertz CT molecular complexity index is 639. The number of rotatable bonds is 2. The first-order valence-electron chi connectivity index (χ1n) is 6.46. The standard InChI is InChI=1S/C14H15N3O3/c1-19-14(18)10-2-3-11-12(8-10)15-9-13(16-11)17-4-6-20-7-5-17/h2-3,8-9H,4-7H2,1H3. The lowest BCUT2D eigenvalue weighted by atomic mass is 10.2. The summed E-state index contributed by atoms with van der Waals surface area (Å²) in [5.74, 6) is 0.470. The lowest BCUT2D eigenvalue weighted by Gasteiger charge is -2.27. The molecule has 0 atom stereocenters. The van der Waals surface area contributed by atoms with Gasteiger partial charge in [0.15, 0.2) is 0 Å². The Morgan fingerprint density at radius 3 is 2.85 bits per heavy atom. The van der Waals surface area contributed by atoms with Gasteiger partial charge in [-0.3, -0.25) is 4.98 Å². The van der Waals surface area contributed by atoms with Crippen molar-refractivity contribution < 1.29 is 14.3 Å². The van der Waals surface area contributed by atoms with Gasteiger partial charge in [0.1, 0.15) is 5.82 Å². The van der Waals surface area contributed by atoms with E-state index in [1.54, 1.807) is 24.4 Å². The number of methoxy groups -OCH3 is 1. The van der Waals surface area contributed by atoms with E-state index in [0.29, 0.717) is 24.3 Å². The summed E-state index contributed by atoms with van der Waals surface area (Å²) in [4.78, 5) is 22.6. The fraction of sp³-hybridized carbons (Fsp3) is 0.357. The Morgan fingerprint density at radius 1 is 1.30 bits per heavy atom. The van der Waals surface area contributed by atoms with Crippen LogP contribution in [0.4, 0.5) is 5.82 Å². The fourth-order valence-electron chi connectivity index (χ4n) is 2.19. The zero-order valence-corrected chi connectivity index (χ0v) is 11.2.